The van der Waals surface area contributed by atoms with Gasteiger partial charge < -0.3 is 14.6 Å². The van der Waals surface area contributed by atoms with E-state index in [-0.39, 0.29) is 46.1 Å². The number of halogens is 2. The molecule has 4 rings (SSSR count). The normalized spacial score (nSPS) is 16.8. The molecule has 0 aromatic heterocycles. The van der Waals surface area contributed by atoms with Crippen molar-refractivity contribution in [3.05, 3.63) is 56.6 Å². The number of hydrogen-bond acceptors (Lipinski definition) is 9. The SMILES string of the molecule is CCOC(=O)COc1ccc(C(=O)c2cc(CN3CCSCC3)c(O)c(CN3CCSCC3)c2)c(Cl)c1Cl. The van der Waals surface area contributed by atoms with Gasteiger partial charge in [0.25, 0.3) is 0 Å². The summed E-state index contributed by atoms with van der Waals surface area (Å²) in [5, 5.41) is 11.3. The number of benzene rings is 2. The molecule has 0 radical (unpaired) electrons. The first-order valence-corrected chi connectivity index (χ1v) is 15.7. The van der Waals surface area contributed by atoms with Gasteiger partial charge >= 0.3 is 5.97 Å². The molecular weight excluding hydrogens is 567 g/mol. The lowest BCUT2D eigenvalue weighted by Crippen LogP contribution is -2.33. The molecule has 2 aliphatic rings. The number of phenols is 1. The van der Waals surface area contributed by atoms with Crippen LogP contribution in [0.25, 0.3) is 0 Å². The summed E-state index contributed by atoms with van der Waals surface area (Å²) < 4.78 is 10.3. The Kier molecular flexibility index (Phi) is 10.9. The van der Waals surface area contributed by atoms with Gasteiger partial charge in [-0.3, -0.25) is 14.6 Å². The highest BCUT2D eigenvalue weighted by atomic mass is 35.5. The lowest BCUT2D eigenvalue weighted by atomic mass is 9.96. The Morgan fingerprint density at radius 3 is 2.00 bits per heavy atom. The molecule has 11 heteroatoms. The Morgan fingerprint density at radius 1 is 0.921 bits per heavy atom. The number of thioether (sulfide) groups is 2. The highest BCUT2D eigenvalue weighted by molar-refractivity contribution is 7.99. The zero-order chi connectivity index (χ0) is 27.1. The first-order valence-electron chi connectivity index (χ1n) is 12.6. The number of aromatic hydroxyl groups is 1. The number of ketones is 1. The molecule has 206 valence electrons. The van der Waals surface area contributed by atoms with Crippen molar-refractivity contribution in [1.82, 2.24) is 9.80 Å². The summed E-state index contributed by atoms with van der Waals surface area (Å²) >= 11 is 16.8. The number of ether oxygens (including phenoxy) is 2. The maximum atomic E-state index is 13.7. The maximum Gasteiger partial charge on any atom is 0.344 e. The van der Waals surface area contributed by atoms with Gasteiger partial charge in [0.15, 0.2) is 12.4 Å². The van der Waals surface area contributed by atoms with Crippen LogP contribution in [-0.2, 0) is 22.6 Å². The Hall–Kier alpha value is -1.62. The Balaban J connectivity index is 1.62. The van der Waals surface area contributed by atoms with Crippen LogP contribution < -0.4 is 4.74 Å². The molecule has 2 fully saturated rings. The van der Waals surface area contributed by atoms with Crippen molar-refractivity contribution in [2.24, 2.45) is 0 Å². The van der Waals surface area contributed by atoms with Gasteiger partial charge in [-0.2, -0.15) is 23.5 Å². The zero-order valence-corrected chi connectivity index (χ0v) is 24.5. The average Bonchev–Trinajstić information content (AvgIpc) is 2.92. The van der Waals surface area contributed by atoms with Crippen molar-refractivity contribution in [1.29, 1.82) is 0 Å². The molecule has 2 aromatic carbocycles. The fourth-order valence-electron chi connectivity index (χ4n) is 4.45. The summed E-state index contributed by atoms with van der Waals surface area (Å²) in [6.07, 6.45) is 0. The number of esters is 1. The summed E-state index contributed by atoms with van der Waals surface area (Å²) in [5.74, 6) is 3.84. The van der Waals surface area contributed by atoms with Gasteiger partial charge in [0.2, 0.25) is 0 Å². The summed E-state index contributed by atoms with van der Waals surface area (Å²) in [4.78, 5) is 30.0. The van der Waals surface area contributed by atoms with Gasteiger partial charge in [-0.05, 0) is 31.2 Å². The van der Waals surface area contributed by atoms with Crippen molar-refractivity contribution in [3.63, 3.8) is 0 Å². The van der Waals surface area contributed by atoms with E-state index in [2.05, 4.69) is 9.80 Å². The third-order valence-corrected chi connectivity index (χ3v) is 9.22. The molecule has 2 saturated heterocycles. The van der Waals surface area contributed by atoms with Crippen LogP contribution in [0.3, 0.4) is 0 Å². The van der Waals surface area contributed by atoms with E-state index in [1.165, 1.54) is 6.07 Å². The van der Waals surface area contributed by atoms with E-state index in [1.54, 1.807) is 25.1 Å². The molecule has 0 aliphatic carbocycles. The van der Waals surface area contributed by atoms with Crippen LogP contribution in [0.1, 0.15) is 34.0 Å². The van der Waals surface area contributed by atoms with Crippen LogP contribution in [0.2, 0.25) is 10.0 Å². The standard InChI is InChI=1S/C27H32Cl2N2O5S2/c1-2-35-23(32)17-36-22-4-3-21(24(28)25(22)29)27(34)18-13-19(15-30-5-9-37-10-6-30)26(33)20(14-18)16-31-7-11-38-12-8-31/h3-4,13-14,33H,2,5-12,15-17H2,1H3. The van der Waals surface area contributed by atoms with Crippen molar-refractivity contribution >= 4 is 58.5 Å². The van der Waals surface area contributed by atoms with Crippen LogP contribution in [0.15, 0.2) is 24.3 Å². The van der Waals surface area contributed by atoms with Crippen molar-refractivity contribution in [2.75, 3.05) is 62.4 Å². The van der Waals surface area contributed by atoms with E-state index in [1.807, 2.05) is 23.5 Å². The monoisotopic (exact) mass is 598 g/mol. The summed E-state index contributed by atoms with van der Waals surface area (Å²) in [6, 6.07) is 6.61. The van der Waals surface area contributed by atoms with E-state index in [4.69, 9.17) is 32.7 Å². The van der Waals surface area contributed by atoms with Gasteiger partial charge in [0.05, 0.1) is 11.6 Å². The van der Waals surface area contributed by atoms with Crippen LogP contribution in [0, 0.1) is 0 Å². The van der Waals surface area contributed by atoms with Crippen molar-refractivity contribution in [3.8, 4) is 11.5 Å². The molecule has 2 aromatic rings. The molecule has 2 heterocycles. The number of hydrogen-bond donors (Lipinski definition) is 1. The molecule has 0 saturated carbocycles. The van der Waals surface area contributed by atoms with E-state index in [0.717, 1.165) is 60.3 Å². The average molecular weight is 600 g/mol. The van der Waals surface area contributed by atoms with Crippen LogP contribution in [0.4, 0.5) is 0 Å². The zero-order valence-electron chi connectivity index (χ0n) is 21.3. The molecule has 1 N–H and O–H groups in total. The van der Waals surface area contributed by atoms with Gasteiger partial charge in [-0.25, -0.2) is 4.79 Å². The summed E-state index contributed by atoms with van der Waals surface area (Å²) in [7, 11) is 0. The van der Waals surface area contributed by atoms with Crippen LogP contribution >= 0.6 is 46.7 Å². The molecule has 2 aliphatic heterocycles. The van der Waals surface area contributed by atoms with Gasteiger partial charge in [0.1, 0.15) is 16.5 Å². The lowest BCUT2D eigenvalue weighted by molar-refractivity contribution is -0.145. The highest BCUT2D eigenvalue weighted by Gasteiger charge is 2.23. The molecule has 0 bridgehead atoms. The number of phenolic OH excluding ortho intramolecular Hbond substituents is 1. The first kappa shape index (κ1) is 29.4. The molecular formula is C27H32Cl2N2O5S2. The largest absolute Gasteiger partial charge is 0.507 e. The fraction of sp³-hybridized carbons (Fsp3) is 0.481. The molecule has 0 amide bonds. The minimum atomic E-state index is -0.524. The second-order valence-corrected chi connectivity index (χ2v) is 12.3. The smallest absolute Gasteiger partial charge is 0.344 e. The number of nitrogens with zero attached hydrogens (tertiary/aromatic N) is 2. The predicted molar refractivity (Wildman–Crippen MR) is 155 cm³/mol. The van der Waals surface area contributed by atoms with Crippen LogP contribution in [0.5, 0.6) is 11.5 Å². The van der Waals surface area contributed by atoms with Gasteiger partial charge in [-0.1, -0.05) is 23.2 Å². The number of rotatable bonds is 10. The maximum absolute atomic E-state index is 13.7. The second-order valence-electron chi connectivity index (χ2n) is 9.08. The third kappa shape index (κ3) is 7.52. The van der Waals surface area contributed by atoms with Crippen molar-refractivity contribution in [2.45, 2.75) is 20.0 Å². The Morgan fingerprint density at radius 2 is 1.47 bits per heavy atom. The second kappa shape index (κ2) is 14.1. The topological polar surface area (TPSA) is 79.3 Å². The van der Waals surface area contributed by atoms with Gasteiger partial charge in [-0.15, -0.1) is 0 Å². The quantitative estimate of drug-likeness (QED) is 0.301. The van der Waals surface area contributed by atoms with Gasteiger partial charge in [0, 0.05) is 84.5 Å². The lowest BCUT2D eigenvalue weighted by Gasteiger charge is -2.29. The molecule has 0 spiro atoms. The third-order valence-electron chi connectivity index (χ3n) is 6.47. The minimum Gasteiger partial charge on any atom is -0.507 e. The molecule has 0 unspecified atom stereocenters. The highest BCUT2D eigenvalue weighted by Crippen LogP contribution is 2.37. The number of carbonyl (C=O) groups excluding carboxylic acids is 2. The first-order chi connectivity index (χ1) is 18.4. The molecule has 7 nitrogen and oxygen atoms in total. The molecule has 0 atom stereocenters. The van der Waals surface area contributed by atoms with Crippen molar-refractivity contribution < 1.29 is 24.2 Å². The number of carbonyl (C=O) groups is 2. The van der Waals surface area contributed by atoms with E-state index in [9.17, 15) is 14.7 Å². The van der Waals surface area contributed by atoms with Crippen LogP contribution in [-0.4, -0.2) is 89.1 Å². The van der Waals surface area contributed by atoms with E-state index < -0.39 is 5.97 Å². The van der Waals surface area contributed by atoms with E-state index in [0.29, 0.717) is 18.7 Å². The predicted octanol–water partition coefficient (Wildman–Crippen LogP) is 4.97. The van der Waals surface area contributed by atoms with E-state index >= 15 is 0 Å². The Bertz CT molecular complexity index is 1110. The minimum absolute atomic E-state index is 0.0512. The molecule has 38 heavy (non-hydrogen) atoms. The summed E-state index contributed by atoms with van der Waals surface area (Å²) in [5.41, 5.74) is 2.15. The Labute approximate surface area is 242 Å². The fourth-order valence-corrected chi connectivity index (χ4v) is 6.86. The summed E-state index contributed by atoms with van der Waals surface area (Å²) in [6.45, 7) is 6.55.